The molecule has 7 nitrogen and oxygen atoms in total. The highest BCUT2D eigenvalue weighted by Gasteiger charge is 2.31. The van der Waals surface area contributed by atoms with Crippen molar-refractivity contribution in [3.05, 3.63) is 89.0 Å². The van der Waals surface area contributed by atoms with Gasteiger partial charge in [0.1, 0.15) is 11.9 Å². The number of sulfone groups is 1. The highest BCUT2D eigenvalue weighted by atomic mass is 32.2. The van der Waals surface area contributed by atoms with Crippen molar-refractivity contribution >= 4 is 21.4 Å². The summed E-state index contributed by atoms with van der Waals surface area (Å²) in [5.41, 5.74) is 7.16. The Kier molecular flexibility index (Phi) is 8.40. The van der Waals surface area contributed by atoms with Crippen LogP contribution in [0.15, 0.2) is 71.6 Å². The summed E-state index contributed by atoms with van der Waals surface area (Å²) < 4.78 is 68.9. The Hall–Kier alpha value is -4.04. The minimum Gasteiger partial charge on any atom is -0.489 e. The van der Waals surface area contributed by atoms with Crippen molar-refractivity contribution in [1.29, 1.82) is 5.26 Å². The number of carbonyl (C=O) groups excluding carboxylic acids is 1. The fraction of sp³-hybridized carbons (Fsp3) is 0.310. The number of hydrogen-bond donors (Lipinski definition) is 1. The predicted octanol–water partition coefficient (Wildman–Crippen LogP) is 5.30. The summed E-state index contributed by atoms with van der Waals surface area (Å²) in [5.74, 6) is -0.888. The summed E-state index contributed by atoms with van der Waals surface area (Å²) in [5, 5.41) is 9.58. The Labute approximate surface area is 230 Å². The Morgan fingerprint density at radius 3 is 2.38 bits per heavy atom. The van der Waals surface area contributed by atoms with Crippen LogP contribution in [0.2, 0.25) is 0 Å². The standard InChI is InChI=1S/C29H28F3N3O4S/c1-2-40(37,38)24-10-3-19(4-11-24)25(13-15-33)27-17-21(7-12-26(27)28(34)36)35-16-14-23(18-35)39-22-8-5-20(6-9-22)29(30,31)32/h3-12,17,23,25H,2,13-14,16,18H2,1H3,(H2,34,36)/t23-,25-/m0/s1. The van der Waals surface area contributed by atoms with Gasteiger partial charge >= 0.3 is 6.18 Å². The van der Waals surface area contributed by atoms with Crippen LogP contribution >= 0.6 is 0 Å². The van der Waals surface area contributed by atoms with E-state index in [1.165, 1.54) is 24.3 Å². The van der Waals surface area contributed by atoms with Crippen LogP contribution in [0.3, 0.4) is 0 Å². The van der Waals surface area contributed by atoms with Crippen molar-refractivity contribution in [3.63, 3.8) is 0 Å². The molecule has 210 valence electrons. The molecule has 0 spiro atoms. The second-order valence-corrected chi connectivity index (χ2v) is 11.8. The van der Waals surface area contributed by atoms with Gasteiger partial charge in [-0.1, -0.05) is 19.1 Å². The number of hydrogen-bond acceptors (Lipinski definition) is 6. The molecule has 0 bridgehead atoms. The van der Waals surface area contributed by atoms with Gasteiger partial charge in [0.2, 0.25) is 5.91 Å². The first kappa shape index (κ1) is 29.0. The molecule has 1 aliphatic heterocycles. The van der Waals surface area contributed by atoms with Crippen molar-refractivity contribution < 1.29 is 31.1 Å². The van der Waals surface area contributed by atoms with Gasteiger partial charge in [-0.05, 0) is 65.7 Å². The van der Waals surface area contributed by atoms with Gasteiger partial charge in [0.25, 0.3) is 0 Å². The van der Waals surface area contributed by atoms with Crippen LogP contribution in [0.25, 0.3) is 0 Å². The SMILES string of the molecule is CCS(=O)(=O)c1ccc([C@H](CC#N)c2cc(N3CC[C@H](Oc4ccc(C(F)(F)F)cc4)C3)ccc2C(N)=O)cc1. The Morgan fingerprint density at radius 2 is 1.80 bits per heavy atom. The number of rotatable bonds is 9. The van der Waals surface area contributed by atoms with E-state index in [4.69, 9.17) is 10.5 Å². The van der Waals surface area contributed by atoms with Crippen molar-refractivity contribution in [1.82, 2.24) is 0 Å². The first-order chi connectivity index (χ1) is 18.9. The minimum atomic E-state index is -4.42. The van der Waals surface area contributed by atoms with E-state index in [9.17, 15) is 31.6 Å². The van der Waals surface area contributed by atoms with Crippen LogP contribution in [-0.2, 0) is 16.0 Å². The number of nitriles is 1. The lowest BCUT2D eigenvalue weighted by Gasteiger charge is -2.24. The molecule has 4 rings (SSSR count). The largest absolute Gasteiger partial charge is 0.489 e. The second kappa shape index (κ2) is 11.6. The van der Waals surface area contributed by atoms with E-state index in [0.29, 0.717) is 36.4 Å². The Morgan fingerprint density at radius 1 is 1.12 bits per heavy atom. The molecule has 1 amide bonds. The van der Waals surface area contributed by atoms with Crippen LogP contribution in [0, 0.1) is 11.3 Å². The van der Waals surface area contributed by atoms with Gasteiger partial charge in [0.15, 0.2) is 9.84 Å². The zero-order valence-electron chi connectivity index (χ0n) is 21.7. The van der Waals surface area contributed by atoms with E-state index in [1.54, 1.807) is 37.3 Å². The number of carbonyl (C=O) groups is 1. The summed E-state index contributed by atoms with van der Waals surface area (Å²) in [6.07, 6.45) is -4.03. The van der Waals surface area contributed by atoms with Crippen molar-refractivity contribution in [2.45, 2.75) is 42.9 Å². The lowest BCUT2D eigenvalue weighted by molar-refractivity contribution is -0.137. The van der Waals surface area contributed by atoms with Crippen molar-refractivity contribution in [2.24, 2.45) is 5.73 Å². The first-order valence-electron chi connectivity index (χ1n) is 12.6. The summed E-state index contributed by atoms with van der Waals surface area (Å²) in [7, 11) is -3.40. The quantitative estimate of drug-likeness (QED) is 0.373. The third-order valence-electron chi connectivity index (χ3n) is 6.99. The lowest BCUT2D eigenvalue weighted by Crippen LogP contribution is -2.25. The molecule has 1 fully saturated rings. The number of benzene rings is 3. The first-order valence-corrected chi connectivity index (χ1v) is 14.3. The molecular weight excluding hydrogens is 543 g/mol. The van der Waals surface area contributed by atoms with Gasteiger partial charge in [-0.15, -0.1) is 0 Å². The number of nitrogens with two attached hydrogens (primary N) is 1. The number of alkyl halides is 3. The third kappa shape index (κ3) is 6.39. The molecule has 3 aromatic rings. The van der Waals surface area contributed by atoms with Crippen LogP contribution in [0.4, 0.5) is 18.9 Å². The number of anilines is 1. The monoisotopic (exact) mass is 571 g/mol. The van der Waals surface area contributed by atoms with E-state index in [1.807, 2.05) is 4.90 Å². The number of halogens is 3. The number of nitrogens with zero attached hydrogens (tertiary/aromatic N) is 2. The fourth-order valence-corrected chi connectivity index (χ4v) is 5.69. The van der Waals surface area contributed by atoms with Crippen LogP contribution in [0.1, 0.15) is 52.7 Å². The molecule has 1 saturated heterocycles. The van der Waals surface area contributed by atoms with Crippen LogP contribution in [-0.4, -0.2) is 39.3 Å². The molecule has 0 saturated carbocycles. The molecule has 1 heterocycles. The maximum absolute atomic E-state index is 12.8. The molecule has 0 unspecified atom stereocenters. The number of primary amides is 1. The molecule has 0 aromatic heterocycles. The highest BCUT2D eigenvalue weighted by Crippen LogP contribution is 2.35. The molecule has 1 aliphatic rings. The zero-order chi connectivity index (χ0) is 29.1. The van der Waals surface area contributed by atoms with Crippen LogP contribution in [0.5, 0.6) is 5.75 Å². The van der Waals surface area contributed by atoms with Gasteiger partial charge in [0, 0.05) is 36.6 Å². The van der Waals surface area contributed by atoms with Crippen LogP contribution < -0.4 is 15.4 Å². The molecule has 40 heavy (non-hydrogen) atoms. The normalized spacial score (nSPS) is 16.4. The average molecular weight is 572 g/mol. The van der Waals surface area contributed by atoms with E-state index in [0.717, 1.165) is 17.8 Å². The maximum Gasteiger partial charge on any atom is 0.416 e. The number of amides is 1. The maximum atomic E-state index is 12.8. The molecule has 11 heteroatoms. The van der Waals surface area contributed by atoms with E-state index < -0.39 is 33.4 Å². The number of ether oxygens (including phenoxy) is 1. The topological polar surface area (TPSA) is 113 Å². The zero-order valence-corrected chi connectivity index (χ0v) is 22.5. The third-order valence-corrected chi connectivity index (χ3v) is 8.74. The molecule has 2 atom stereocenters. The molecule has 0 radical (unpaired) electrons. The van der Waals surface area contributed by atoms with Crippen molar-refractivity contribution in [3.8, 4) is 11.8 Å². The predicted molar refractivity (Wildman–Crippen MR) is 144 cm³/mol. The second-order valence-electron chi connectivity index (χ2n) is 9.52. The van der Waals surface area contributed by atoms with E-state index >= 15 is 0 Å². The molecular formula is C29H28F3N3O4S. The Bertz CT molecular complexity index is 1520. The average Bonchev–Trinajstić information content (AvgIpc) is 3.39. The highest BCUT2D eigenvalue weighted by molar-refractivity contribution is 7.91. The molecule has 3 aromatic carbocycles. The molecule has 0 aliphatic carbocycles. The van der Waals surface area contributed by atoms with Gasteiger partial charge < -0.3 is 15.4 Å². The van der Waals surface area contributed by atoms with E-state index in [-0.39, 0.29) is 28.7 Å². The smallest absolute Gasteiger partial charge is 0.416 e. The van der Waals surface area contributed by atoms with E-state index in [2.05, 4.69) is 6.07 Å². The summed E-state index contributed by atoms with van der Waals surface area (Å²) in [6, 6.07) is 18.2. The fourth-order valence-electron chi connectivity index (χ4n) is 4.81. The van der Waals surface area contributed by atoms with Gasteiger partial charge in [-0.2, -0.15) is 18.4 Å². The summed E-state index contributed by atoms with van der Waals surface area (Å²) in [4.78, 5) is 14.5. The Balaban J connectivity index is 1.58. The summed E-state index contributed by atoms with van der Waals surface area (Å²) in [6.45, 7) is 2.62. The van der Waals surface area contributed by atoms with Gasteiger partial charge in [-0.3, -0.25) is 4.79 Å². The summed E-state index contributed by atoms with van der Waals surface area (Å²) >= 11 is 0. The van der Waals surface area contributed by atoms with Gasteiger partial charge in [0.05, 0.1) is 28.8 Å². The minimum absolute atomic E-state index is 0.0310. The molecule has 2 N–H and O–H groups in total. The van der Waals surface area contributed by atoms with Gasteiger partial charge in [-0.25, -0.2) is 8.42 Å². The lowest BCUT2D eigenvalue weighted by atomic mass is 9.85. The van der Waals surface area contributed by atoms with Crippen molar-refractivity contribution in [2.75, 3.05) is 23.7 Å².